The van der Waals surface area contributed by atoms with Gasteiger partial charge in [0.1, 0.15) is 6.04 Å². The molecule has 0 aliphatic carbocycles. The molecular weight excluding hydrogens is 214 g/mol. The number of carbonyl (C=O) groups is 1. The molecule has 3 heteroatoms. The first-order valence-electron chi connectivity index (χ1n) is 5.96. The number of aryl methyl sites for hydroxylation is 3. The molecule has 1 N–H and O–H groups in total. The number of benzene rings is 1. The van der Waals surface area contributed by atoms with E-state index in [0.717, 1.165) is 11.3 Å². The van der Waals surface area contributed by atoms with Crippen molar-refractivity contribution in [1.82, 2.24) is 0 Å². The van der Waals surface area contributed by atoms with Crippen molar-refractivity contribution >= 4 is 11.7 Å². The van der Waals surface area contributed by atoms with Gasteiger partial charge in [-0.3, -0.25) is 0 Å². The zero-order chi connectivity index (χ0) is 13.0. The molecule has 0 aliphatic heterocycles. The highest BCUT2D eigenvalue weighted by Crippen LogP contribution is 2.20. The molecule has 0 radical (unpaired) electrons. The Labute approximate surface area is 103 Å². The van der Waals surface area contributed by atoms with Crippen LogP contribution in [0, 0.1) is 20.8 Å². The van der Waals surface area contributed by atoms with Gasteiger partial charge in [0, 0.05) is 5.69 Å². The molecule has 0 amide bonds. The van der Waals surface area contributed by atoms with Crippen LogP contribution in [0.15, 0.2) is 12.1 Å². The van der Waals surface area contributed by atoms with Crippen LogP contribution in [0.4, 0.5) is 5.69 Å². The Morgan fingerprint density at radius 3 is 2.41 bits per heavy atom. The van der Waals surface area contributed by atoms with Gasteiger partial charge in [-0.2, -0.15) is 0 Å². The fourth-order valence-electron chi connectivity index (χ4n) is 1.68. The fraction of sp³-hybridized carbons (Fsp3) is 0.500. The van der Waals surface area contributed by atoms with Crippen molar-refractivity contribution in [2.45, 2.75) is 40.7 Å². The van der Waals surface area contributed by atoms with Crippen LogP contribution in [0.25, 0.3) is 0 Å². The van der Waals surface area contributed by atoms with Crippen molar-refractivity contribution in [3.05, 3.63) is 28.8 Å². The Morgan fingerprint density at radius 1 is 1.24 bits per heavy atom. The van der Waals surface area contributed by atoms with E-state index in [2.05, 4.69) is 31.3 Å². The van der Waals surface area contributed by atoms with Gasteiger partial charge in [-0.25, -0.2) is 4.79 Å². The molecule has 0 spiro atoms. The van der Waals surface area contributed by atoms with Crippen molar-refractivity contribution in [1.29, 1.82) is 0 Å². The molecular formula is C14H21NO2. The first-order chi connectivity index (χ1) is 7.95. The lowest BCUT2D eigenvalue weighted by Gasteiger charge is -2.17. The maximum atomic E-state index is 11.5. The highest BCUT2D eigenvalue weighted by Gasteiger charge is 2.14. The van der Waals surface area contributed by atoms with Gasteiger partial charge in [0.2, 0.25) is 0 Å². The number of hydrogen-bond donors (Lipinski definition) is 1. The van der Waals surface area contributed by atoms with Crippen LogP contribution in [0.1, 0.15) is 30.5 Å². The molecule has 0 unspecified atom stereocenters. The Bertz CT molecular complexity index is 413. The molecule has 1 aromatic rings. The second-order valence-electron chi connectivity index (χ2n) is 4.37. The van der Waals surface area contributed by atoms with Crippen molar-refractivity contribution in [3.63, 3.8) is 0 Å². The van der Waals surface area contributed by atoms with Gasteiger partial charge in [0.25, 0.3) is 0 Å². The molecule has 0 aliphatic rings. The minimum Gasteiger partial charge on any atom is -0.464 e. The summed E-state index contributed by atoms with van der Waals surface area (Å²) in [6, 6.07) is 3.87. The second-order valence-corrected chi connectivity index (χ2v) is 4.37. The third-order valence-corrected chi connectivity index (χ3v) is 2.85. The lowest BCUT2D eigenvalue weighted by Crippen LogP contribution is -2.28. The average molecular weight is 235 g/mol. The summed E-state index contributed by atoms with van der Waals surface area (Å²) in [5.74, 6) is -0.217. The van der Waals surface area contributed by atoms with E-state index in [-0.39, 0.29) is 12.0 Å². The van der Waals surface area contributed by atoms with E-state index in [9.17, 15) is 4.79 Å². The molecule has 17 heavy (non-hydrogen) atoms. The number of anilines is 1. The van der Waals surface area contributed by atoms with Crippen molar-refractivity contribution < 1.29 is 9.53 Å². The first kappa shape index (κ1) is 13.6. The molecule has 0 saturated heterocycles. The van der Waals surface area contributed by atoms with Gasteiger partial charge >= 0.3 is 5.97 Å². The third-order valence-electron chi connectivity index (χ3n) is 2.85. The van der Waals surface area contributed by atoms with Crippen LogP contribution in [0.3, 0.4) is 0 Å². The van der Waals surface area contributed by atoms with Crippen LogP contribution < -0.4 is 5.32 Å². The minimum atomic E-state index is -0.323. The van der Waals surface area contributed by atoms with Crippen LogP contribution in [0.5, 0.6) is 0 Å². The molecule has 0 bridgehead atoms. The van der Waals surface area contributed by atoms with Crippen molar-refractivity contribution in [3.8, 4) is 0 Å². The summed E-state index contributed by atoms with van der Waals surface area (Å²) in [5.41, 5.74) is 4.61. The van der Waals surface area contributed by atoms with Gasteiger partial charge in [0.15, 0.2) is 0 Å². The number of carbonyl (C=O) groups excluding carboxylic acids is 1. The Kier molecular flexibility index (Phi) is 4.55. The van der Waals surface area contributed by atoms with E-state index in [1.54, 1.807) is 0 Å². The number of hydrogen-bond acceptors (Lipinski definition) is 3. The lowest BCUT2D eigenvalue weighted by atomic mass is 10.0. The third kappa shape index (κ3) is 3.48. The van der Waals surface area contributed by atoms with Crippen LogP contribution in [0.2, 0.25) is 0 Å². The van der Waals surface area contributed by atoms with E-state index >= 15 is 0 Å². The van der Waals surface area contributed by atoms with E-state index in [1.165, 1.54) is 11.1 Å². The predicted octanol–water partition coefficient (Wildman–Crippen LogP) is 2.98. The minimum absolute atomic E-state index is 0.217. The molecule has 1 rings (SSSR count). The lowest BCUT2D eigenvalue weighted by molar-refractivity contribution is -0.143. The molecule has 94 valence electrons. The van der Waals surface area contributed by atoms with E-state index < -0.39 is 0 Å². The summed E-state index contributed by atoms with van der Waals surface area (Å²) in [6.45, 7) is 10.2. The summed E-state index contributed by atoms with van der Waals surface area (Å²) in [7, 11) is 0. The largest absolute Gasteiger partial charge is 0.464 e. The van der Waals surface area contributed by atoms with Gasteiger partial charge in [-0.05, 0) is 57.4 Å². The van der Waals surface area contributed by atoms with Gasteiger partial charge in [-0.15, -0.1) is 0 Å². The molecule has 1 aromatic carbocycles. The maximum absolute atomic E-state index is 11.5. The summed E-state index contributed by atoms with van der Waals surface area (Å²) in [5, 5.41) is 3.19. The van der Waals surface area contributed by atoms with Gasteiger partial charge < -0.3 is 10.1 Å². The van der Waals surface area contributed by atoms with Crippen LogP contribution in [-0.2, 0) is 9.53 Å². The summed E-state index contributed by atoms with van der Waals surface area (Å²) in [4.78, 5) is 11.5. The monoisotopic (exact) mass is 235 g/mol. The highest BCUT2D eigenvalue weighted by atomic mass is 16.5. The molecule has 3 nitrogen and oxygen atoms in total. The van der Waals surface area contributed by atoms with E-state index in [0.29, 0.717) is 6.61 Å². The topological polar surface area (TPSA) is 38.3 Å². The Balaban J connectivity index is 2.81. The highest BCUT2D eigenvalue weighted by molar-refractivity contribution is 5.79. The molecule has 0 aromatic heterocycles. The number of rotatable bonds is 4. The van der Waals surface area contributed by atoms with Gasteiger partial charge in [0.05, 0.1) is 6.61 Å². The van der Waals surface area contributed by atoms with Crippen LogP contribution >= 0.6 is 0 Å². The van der Waals surface area contributed by atoms with Crippen LogP contribution in [-0.4, -0.2) is 18.6 Å². The number of nitrogens with one attached hydrogen (secondary N) is 1. The Hall–Kier alpha value is -1.51. The zero-order valence-corrected chi connectivity index (χ0v) is 11.3. The summed E-state index contributed by atoms with van der Waals surface area (Å²) >= 11 is 0. The van der Waals surface area contributed by atoms with Gasteiger partial charge in [-0.1, -0.05) is 6.07 Å². The summed E-state index contributed by atoms with van der Waals surface area (Å²) < 4.78 is 4.97. The SMILES string of the molecule is CCOC(=O)[C@H](C)Nc1cc(C)c(C)cc1C. The predicted molar refractivity (Wildman–Crippen MR) is 70.4 cm³/mol. The van der Waals surface area contributed by atoms with E-state index in [4.69, 9.17) is 4.74 Å². The van der Waals surface area contributed by atoms with E-state index in [1.807, 2.05) is 20.8 Å². The average Bonchev–Trinajstić information content (AvgIpc) is 2.26. The number of esters is 1. The summed E-state index contributed by atoms with van der Waals surface area (Å²) in [6.07, 6.45) is 0. The molecule has 1 atom stereocenters. The first-order valence-corrected chi connectivity index (χ1v) is 5.96. The standard InChI is InChI=1S/C14H21NO2/c1-6-17-14(16)12(5)15-13-8-10(3)9(2)7-11(13)4/h7-8,12,15H,6H2,1-5H3/t12-/m0/s1. The Morgan fingerprint density at radius 2 is 1.82 bits per heavy atom. The van der Waals surface area contributed by atoms with Crippen molar-refractivity contribution in [2.24, 2.45) is 0 Å². The number of ether oxygens (including phenoxy) is 1. The molecule has 0 saturated carbocycles. The van der Waals surface area contributed by atoms with Crippen molar-refractivity contribution in [2.75, 3.05) is 11.9 Å². The maximum Gasteiger partial charge on any atom is 0.328 e. The second kappa shape index (κ2) is 5.71. The normalized spacial score (nSPS) is 12.1. The zero-order valence-electron chi connectivity index (χ0n) is 11.3. The quantitative estimate of drug-likeness (QED) is 0.815. The molecule has 0 heterocycles. The molecule has 0 fully saturated rings. The smallest absolute Gasteiger partial charge is 0.328 e. The fourth-order valence-corrected chi connectivity index (χ4v) is 1.68.